The monoisotopic (exact) mass is 303 g/mol. The molecule has 5 heteroatoms. The third kappa shape index (κ3) is 4.43. The summed E-state index contributed by atoms with van der Waals surface area (Å²) in [5.41, 5.74) is -0.00744. The van der Waals surface area contributed by atoms with E-state index >= 15 is 0 Å². The molecule has 0 saturated carbocycles. The van der Waals surface area contributed by atoms with Gasteiger partial charge in [-0.1, -0.05) is 44.0 Å². The molecule has 0 radical (unpaired) electrons. The van der Waals surface area contributed by atoms with Crippen LogP contribution in [-0.2, 0) is 0 Å². The number of hydrogen-bond acceptors (Lipinski definition) is 3. The Balaban J connectivity index is 3.00. The zero-order chi connectivity index (χ0) is 14.5. The Kier molecular flexibility index (Phi) is 6.21. The summed E-state index contributed by atoms with van der Waals surface area (Å²) < 4.78 is 0. The van der Waals surface area contributed by atoms with E-state index in [4.69, 9.17) is 23.2 Å². The zero-order valence-electron chi connectivity index (χ0n) is 12.1. The maximum Gasteiger partial charge on any atom is 0.147 e. The van der Waals surface area contributed by atoms with Crippen molar-refractivity contribution in [3.63, 3.8) is 0 Å². The lowest BCUT2D eigenvalue weighted by Crippen LogP contribution is -2.33. The van der Waals surface area contributed by atoms with E-state index < -0.39 is 0 Å². The van der Waals surface area contributed by atoms with Gasteiger partial charge in [0.15, 0.2) is 0 Å². The van der Waals surface area contributed by atoms with Crippen LogP contribution in [0.3, 0.4) is 0 Å². The first-order valence-corrected chi connectivity index (χ1v) is 7.59. The summed E-state index contributed by atoms with van der Waals surface area (Å²) in [6.07, 6.45) is 3.02. The predicted octanol–water partition coefficient (Wildman–Crippen LogP) is 5.20. The molecule has 0 amide bonds. The lowest BCUT2D eigenvalue weighted by atomic mass is 9.96. The average molecular weight is 304 g/mol. The lowest BCUT2D eigenvalue weighted by molar-refractivity contribution is 0.477. The van der Waals surface area contributed by atoms with Crippen molar-refractivity contribution in [1.29, 1.82) is 0 Å². The molecule has 108 valence electrons. The van der Waals surface area contributed by atoms with Crippen LogP contribution in [0, 0.1) is 0 Å². The molecule has 0 aliphatic heterocycles. The van der Waals surface area contributed by atoms with Gasteiger partial charge in [0, 0.05) is 12.1 Å². The van der Waals surface area contributed by atoms with Gasteiger partial charge in [0.1, 0.15) is 11.6 Å². The highest BCUT2D eigenvalue weighted by molar-refractivity contribution is 6.37. The number of hydrogen-bond donors (Lipinski definition) is 2. The van der Waals surface area contributed by atoms with Crippen LogP contribution in [0.1, 0.15) is 47.0 Å². The minimum Gasteiger partial charge on any atom is -0.369 e. The Hall–Kier alpha value is -0.670. The Bertz CT molecular complexity index is 417. The van der Waals surface area contributed by atoms with Gasteiger partial charge in [-0.2, -0.15) is 0 Å². The minimum absolute atomic E-state index is 0.00744. The van der Waals surface area contributed by atoms with Gasteiger partial charge in [-0.15, -0.1) is 0 Å². The van der Waals surface area contributed by atoms with E-state index in [0.717, 1.165) is 25.8 Å². The number of halogens is 2. The molecular formula is C14H23Cl2N3. The fourth-order valence-corrected chi connectivity index (χ4v) is 2.11. The summed E-state index contributed by atoms with van der Waals surface area (Å²) in [5, 5.41) is 7.75. The maximum absolute atomic E-state index is 6.22. The number of nitrogens with zero attached hydrogens (tertiary/aromatic N) is 1. The molecule has 0 aromatic carbocycles. The van der Waals surface area contributed by atoms with Crippen molar-refractivity contribution in [2.75, 3.05) is 17.2 Å². The molecule has 1 heterocycles. The predicted molar refractivity (Wildman–Crippen MR) is 85.6 cm³/mol. The maximum atomic E-state index is 6.22. The molecule has 3 nitrogen and oxygen atoms in total. The average Bonchev–Trinajstić information content (AvgIpc) is 2.40. The summed E-state index contributed by atoms with van der Waals surface area (Å²) in [4.78, 5) is 4.50. The number of aromatic nitrogens is 1. The Labute approximate surface area is 126 Å². The molecule has 2 N–H and O–H groups in total. The van der Waals surface area contributed by atoms with Crippen LogP contribution in [0.5, 0.6) is 0 Å². The SMILES string of the molecule is CCCNc1nc(NC(C)(CC)CC)c(Cl)cc1Cl. The molecule has 1 aromatic heterocycles. The third-order valence-corrected chi connectivity index (χ3v) is 4.03. The van der Waals surface area contributed by atoms with Gasteiger partial charge in [0.05, 0.1) is 10.0 Å². The molecule has 1 aromatic rings. The normalized spacial score (nSPS) is 11.5. The number of pyridine rings is 1. The van der Waals surface area contributed by atoms with E-state index in [0.29, 0.717) is 21.7 Å². The van der Waals surface area contributed by atoms with E-state index in [1.54, 1.807) is 6.07 Å². The van der Waals surface area contributed by atoms with Gasteiger partial charge < -0.3 is 10.6 Å². The van der Waals surface area contributed by atoms with E-state index in [1.165, 1.54) is 0 Å². The number of rotatable bonds is 7. The third-order valence-electron chi connectivity index (χ3n) is 3.45. The van der Waals surface area contributed by atoms with Crippen LogP contribution in [0.25, 0.3) is 0 Å². The molecule has 0 unspecified atom stereocenters. The van der Waals surface area contributed by atoms with Crippen LogP contribution in [0.4, 0.5) is 11.6 Å². The second-order valence-electron chi connectivity index (χ2n) is 4.97. The van der Waals surface area contributed by atoms with Gasteiger partial charge in [0.25, 0.3) is 0 Å². The number of nitrogens with one attached hydrogen (secondary N) is 2. The Morgan fingerprint density at radius 3 is 2.21 bits per heavy atom. The second kappa shape index (κ2) is 7.20. The van der Waals surface area contributed by atoms with E-state index in [9.17, 15) is 0 Å². The highest BCUT2D eigenvalue weighted by Crippen LogP contribution is 2.32. The molecule has 0 fully saturated rings. The molecule has 0 aliphatic rings. The number of anilines is 2. The van der Waals surface area contributed by atoms with Gasteiger partial charge in [-0.05, 0) is 32.3 Å². The first kappa shape index (κ1) is 16.4. The molecule has 0 aliphatic carbocycles. The lowest BCUT2D eigenvalue weighted by Gasteiger charge is -2.29. The van der Waals surface area contributed by atoms with E-state index in [-0.39, 0.29) is 5.54 Å². The van der Waals surface area contributed by atoms with Crippen molar-refractivity contribution in [3.8, 4) is 0 Å². The topological polar surface area (TPSA) is 37.0 Å². The molecule has 1 rings (SSSR count). The summed E-state index contributed by atoms with van der Waals surface area (Å²) in [5.74, 6) is 1.38. The largest absolute Gasteiger partial charge is 0.369 e. The van der Waals surface area contributed by atoms with Crippen molar-refractivity contribution in [1.82, 2.24) is 4.98 Å². The van der Waals surface area contributed by atoms with Crippen molar-refractivity contribution in [2.24, 2.45) is 0 Å². The molecular weight excluding hydrogens is 281 g/mol. The van der Waals surface area contributed by atoms with Crippen molar-refractivity contribution in [3.05, 3.63) is 16.1 Å². The molecule has 0 saturated heterocycles. The molecule has 19 heavy (non-hydrogen) atoms. The van der Waals surface area contributed by atoms with Crippen LogP contribution in [0.2, 0.25) is 10.0 Å². The van der Waals surface area contributed by atoms with Crippen molar-refractivity contribution < 1.29 is 0 Å². The van der Waals surface area contributed by atoms with E-state index in [2.05, 4.69) is 43.3 Å². The van der Waals surface area contributed by atoms with Crippen molar-refractivity contribution >= 4 is 34.8 Å². The van der Waals surface area contributed by atoms with Crippen LogP contribution in [-0.4, -0.2) is 17.1 Å². The standard InChI is InChI=1S/C14H23Cl2N3/c1-5-8-17-12-10(15)9-11(16)13(18-12)19-14(4,6-2)7-3/h9H,5-8H2,1-4H3,(H2,17,18,19). The summed E-state index contributed by atoms with van der Waals surface area (Å²) in [6.45, 7) is 9.40. The van der Waals surface area contributed by atoms with Crippen molar-refractivity contribution in [2.45, 2.75) is 52.5 Å². The fourth-order valence-electron chi connectivity index (χ4n) is 1.63. The minimum atomic E-state index is -0.00744. The summed E-state index contributed by atoms with van der Waals surface area (Å²) in [6, 6.07) is 1.74. The Morgan fingerprint density at radius 1 is 1.11 bits per heavy atom. The highest BCUT2D eigenvalue weighted by atomic mass is 35.5. The van der Waals surface area contributed by atoms with Gasteiger partial charge >= 0.3 is 0 Å². The smallest absolute Gasteiger partial charge is 0.147 e. The van der Waals surface area contributed by atoms with Crippen LogP contribution in [0.15, 0.2) is 6.07 Å². The van der Waals surface area contributed by atoms with E-state index in [1.807, 2.05) is 0 Å². The molecule has 0 atom stereocenters. The van der Waals surface area contributed by atoms with Crippen LogP contribution < -0.4 is 10.6 Å². The first-order valence-electron chi connectivity index (χ1n) is 6.83. The van der Waals surface area contributed by atoms with Gasteiger partial charge in [0.2, 0.25) is 0 Å². The summed E-state index contributed by atoms with van der Waals surface area (Å²) >= 11 is 12.4. The van der Waals surface area contributed by atoms with Gasteiger partial charge in [-0.25, -0.2) is 4.98 Å². The Morgan fingerprint density at radius 2 is 1.68 bits per heavy atom. The fraction of sp³-hybridized carbons (Fsp3) is 0.643. The quantitative estimate of drug-likeness (QED) is 0.727. The zero-order valence-corrected chi connectivity index (χ0v) is 13.6. The first-order chi connectivity index (χ1) is 8.95. The van der Waals surface area contributed by atoms with Gasteiger partial charge in [-0.3, -0.25) is 0 Å². The van der Waals surface area contributed by atoms with Crippen LogP contribution >= 0.6 is 23.2 Å². The molecule has 0 spiro atoms. The second-order valence-corrected chi connectivity index (χ2v) is 5.78. The molecule has 0 bridgehead atoms. The highest BCUT2D eigenvalue weighted by Gasteiger charge is 2.21. The summed E-state index contributed by atoms with van der Waals surface area (Å²) in [7, 11) is 0.